The number of nitrogens with zero attached hydrogens (tertiary/aromatic N) is 1. The summed E-state index contributed by atoms with van der Waals surface area (Å²) in [5.74, 6) is 0.150. The lowest BCUT2D eigenvalue weighted by atomic mass is 10.1. The lowest BCUT2D eigenvalue weighted by Crippen LogP contribution is -2.31. The molecular formula is C16H21BrN2O2. The van der Waals surface area contributed by atoms with Crippen molar-refractivity contribution in [2.24, 2.45) is 11.8 Å². The second kappa shape index (κ2) is 6.60. The van der Waals surface area contributed by atoms with Crippen molar-refractivity contribution < 1.29 is 9.59 Å². The molecule has 0 bridgehead atoms. The van der Waals surface area contributed by atoms with Gasteiger partial charge < -0.3 is 10.2 Å². The highest BCUT2D eigenvalue weighted by atomic mass is 79.9. The summed E-state index contributed by atoms with van der Waals surface area (Å²) in [6.07, 6.45) is 0.308. The van der Waals surface area contributed by atoms with Gasteiger partial charge in [-0.2, -0.15) is 0 Å². The summed E-state index contributed by atoms with van der Waals surface area (Å²) >= 11 is 3.45. The Kier molecular flexibility index (Phi) is 5.04. The number of hydrogen-bond acceptors (Lipinski definition) is 2. The number of carbonyl (C=O) groups excluding carboxylic acids is 2. The third-order valence-electron chi connectivity index (χ3n) is 3.55. The van der Waals surface area contributed by atoms with Crippen molar-refractivity contribution in [2.45, 2.75) is 27.2 Å². The summed E-state index contributed by atoms with van der Waals surface area (Å²) < 4.78 is 0.860. The summed E-state index contributed by atoms with van der Waals surface area (Å²) in [5.41, 5.74) is 1.87. The minimum atomic E-state index is -0.260. The fraction of sp³-hybridized carbons (Fsp3) is 0.500. The topological polar surface area (TPSA) is 49.4 Å². The number of likely N-dealkylation sites (tertiary alicyclic amines) is 1. The smallest absolute Gasteiger partial charge is 0.229 e. The molecule has 1 aliphatic heterocycles. The fourth-order valence-electron chi connectivity index (χ4n) is 2.52. The second-order valence-corrected chi connectivity index (χ2v) is 6.92. The molecule has 1 aromatic rings. The van der Waals surface area contributed by atoms with Crippen LogP contribution in [0.25, 0.3) is 0 Å². The Morgan fingerprint density at radius 3 is 2.81 bits per heavy atom. The van der Waals surface area contributed by atoms with Gasteiger partial charge in [-0.15, -0.1) is 0 Å². The van der Waals surface area contributed by atoms with Crippen molar-refractivity contribution in [2.75, 3.05) is 18.4 Å². The number of aryl methyl sites for hydroxylation is 1. The minimum absolute atomic E-state index is 0.0758. The first-order valence-corrected chi connectivity index (χ1v) is 8.01. The van der Waals surface area contributed by atoms with E-state index in [1.54, 1.807) is 4.90 Å². The summed E-state index contributed by atoms with van der Waals surface area (Å²) in [6.45, 7) is 7.38. The van der Waals surface area contributed by atoms with Gasteiger partial charge in [-0.3, -0.25) is 9.59 Å². The molecule has 1 atom stereocenters. The highest BCUT2D eigenvalue weighted by Gasteiger charge is 2.34. The standard InChI is InChI=1S/C16H21BrN2O2/c1-10(2)8-19-9-12(7-15(19)20)16(21)18-14-5-4-11(3)6-13(14)17/h4-6,10,12H,7-9H2,1-3H3,(H,18,21). The maximum absolute atomic E-state index is 12.3. The largest absolute Gasteiger partial charge is 0.342 e. The van der Waals surface area contributed by atoms with E-state index >= 15 is 0 Å². The summed E-state index contributed by atoms with van der Waals surface area (Å²) in [5, 5.41) is 2.91. The van der Waals surface area contributed by atoms with Crippen LogP contribution in [0.2, 0.25) is 0 Å². The molecule has 0 spiro atoms. The molecule has 2 amide bonds. The van der Waals surface area contributed by atoms with E-state index in [-0.39, 0.29) is 17.7 Å². The van der Waals surface area contributed by atoms with Crippen molar-refractivity contribution in [1.82, 2.24) is 4.90 Å². The Balaban J connectivity index is 2.00. The lowest BCUT2D eigenvalue weighted by molar-refractivity contribution is -0.128. The van der Waals surface area contributed by atoms with Crippen LogP contribution in [0.4, 0.5) is 5.69 Å². The first-order chi connectivity index (χ1) is 9.86. The number of anilines is 1. The van der Waals surface area contributed by atoms with Crippen molar-refractivity contribution in [3.05, 3.63) is 28.2 Å². The van der Waals surface area contributed by atoms with Crippen LogP contribution in [0.5, 0.6) is 0 Å². The predicted molar refractivity (Wildman–Crippen MR) is 87.0 cm³/mol. The Labute approximate surface area is 134 Å². The van der Waals surface area contributed by atoms with Gasteiger partial charge in [0.15, 0.2) is 0 Å². The third kappa shape index (κ3) is 4.06. The Bertz CT molecular complexity index is 557. The number of carbonyl (C=O) groups is 2. The van der Waals surface area contributed by atoms with Crippen LogP contribution in [-0.2, 0) is 9.59 Å². The molecule has 2 rings (SSSR count). The van der Waals surface area contributed by atoms with Gasteiger partial charge in [-0.05, 0) is 46.5 Å². The van der Waals surface area contributed by atoms with Gasteiger partial charge in [-0.25, -0.2) is 0 Å². The summed E-state index contributed by atoms with van der Waals surface area (Å²) in [4.78, 5) is 26.0. The quantitative estimate of drug-likeness (QED) is 0.904. The summed E-state index contributed by atoms with van der Waals surface area (Å²) in [7, 11) is 0. The Morgan fingerprint density at radius 1 is 1.48 bits per heavy atom. The van der Waals surface area contributed by atoms with Gasteiger partial charge >= 0.3 is 0 Å². The monoisotopic (exact) mass is 352 g/mol. The highest BCUT2D eigenvalue weighted by Crippen LogP contribution is 2.26. The molecule has 4 nitrogen and oxygen atoms in total. The van der Waals surface area contributed by atoms with E-state index in [9.17, 15) is 9.59 Å². The first kappa shape index (κ1) is 16.0. The van der Waals surface area contributed by atoms with E-state index in [0.29, 0.717) is 18.9 Å². The molecule has 1 aliphatic rings. The van der Waals surface area contributed by atoms with Crippen LogP contribution in [0, 0.1) is 18.8 Å². The van der Waals surface area contributed by atoms with Crippen LogP contribution in [-0.4, -0.2) is 29.8 Å². The van der Waals surface area contributed by atoms with Crippen LogP contribution < -0.4 is 5.32 Å². The molecule has 1 unspecified atom stereocenters. The van der Waals surface area contributed by atoms with Crippen molar-refractivity contribution in [3.8, 4) is 0 Å². The highest BCUT2D eigenvalue weighted by molar-refractivity contribution is 9.10. The number of amides is 2. The Hall–Kier alpha value is -1.36. The zero-order valence-electron chi connectivity index (χ0n) is 12.6. The van der Waals surface area contributed by atoms with E-state index in [2.05, 4.69) is 35.1 Å². The maximum Gasteiger partial charge on any atom is 0.229 e. The van der Waals surface area contributed by atoms with Crippen molar-refractivity contribution in [3.63, 3.8) is 0 Å². The van der Waals surface area contributed by atoms with Gasteiger partial charge in [0.25, 0.3) is 0 Å². The number of halogens is 1. The van der Waals surface area contributed by atoms with Gasteiger partial charge in [0, 0.05) is 24.0 Å². The molecule has 1 heterocycles. The van der Waals surface area contributed by atoms with E-state index in [0.717, 1.165) is 22.3 Å². The lowest BCUT2D eigenvalue weighted by Gasteiger charge is -2.18. The number of benzene rings is 1. The molecule has 0 aliphatic carbocycles. The van der Waals surface area contributed by atoms with E-state index < -0.39 is 0 Å². The SMILES string of the molecule is Cc1ccc(NC(=O)C2CC(=O)N(CC(C)C)C2)c(Br)c1. The van der Waals surface area contributed by atoms with Gasteiger partial charge in [-0.1, -0.05) is 19.9 Å². The number of hydrogen-bond donors (Lipinski definition) is 1. The molecule has 0 aromatic heterocycles. The zero-order valence-corrected chi connectivity index (χ0v) is 14.2. The molecule has 21 heavy (non-hydrogen) atoms. The Morgan fingerprint density at radius 2 is 2.19 bits per heavy atom. The molecule has 114 valence electrons. The molecule has 1 aromatic carbocycles. The fourth-order valence-corrected chi connectivity index (χ4v) is 3.11. The summed E-state index contributed by atoms with van der Waals surface area (Å²) in [6, 6.07) is 5.78. The first-order valence-electron chi connectivity index (χ1n) is 7.21. The average Bonchev–Trinajstić information content (AvgIpc) is 2.74. The molecule has 0 radical (unpaired) electrons. The normalized spacial score (nSPS) is 18.4. The predicted octanol–water partition coefficient (Wildman–Crippen LogP) is 3.20. The van der Waals surface area contributed by atoms with Gasteiger partial charge in [0.2, 0.25) is 11.8 Å². The molecule has 5 heteroatoms. The third-order valence-corrected chi connectivity index (χ3v) is 4.21. The van der Waals surface area contributed by atoms with Crippen LogP contribution in [0.1, 0.15) is 25.8 Å². The van der Waals surface area contributed by atoms with Gasteiger partial charge in [0.05, 0.1) is 11.6 Å². The number of rotatable bonds is 4. The van der Waals surface area contributed by atoms with Gasteiger partial charge in [0.1, 0.15) is 0 Å². The maximum atomic E-state index is 12.3. The molecule has 1 fully saturated rings. The van der Waals surface area contributed by atoms with Crippen molar-refractivity contribution in [1.29, 1.82) is 0 Å². The molecule has 1 saturated heterocycles. The second-order valence-electron chi connectivity index (χ2n) is 6.07. The van der Waals surface area contributed by atoms with Crippen LogP contribution in [0.15, 0.2) is 22.7 Å². The molecular weight excluding hydrogens is 332 g/mol. The van der Waals surface area contributed by atoms with Crippen molar-refractivity contribution >= 4 is 33.4 Å². The average molecular weight is 353 g/mol. The zero-order chi connectivity index (χ0) is 15.6. The number of nitrogens with one attached hydrogen (secondary N) is 1. The van der Waals surface area contributed by atoms with E-state index in [4.69, 9.17) is 0 Å². The van der Waals surface area contributed by atoms with Crippen LogP contribution >= 0.6 is 15.9 Å². The minimum Gasteiger partial charge on any atom is -0.342 e. The van der Waals surface area contributed by atoms with Crippen LogP contribution in [0.3, 0.4) is 0 Å². The molecule has 1 N–H and O–H groups in total. The molecule has 0 saturated carbocycles. The van der Waals surface area contributed by atoms with E-state index in [1.165, 1.54) is 0 Å². The van der Waals surface area contributed by atoms with E-state index in [1.807, 2.05) is 25.1 Å².